The van der Waals surface area contributed by atoms with Crippen molar-refractivity contribution in [3.05, 3.63) is 66.2 Å². The molecule has 180 valence electrons. The van der Waals surface area contributed by atoms with Crippen LogP contribution in [0.15, 0.2) is 60.7 Å². The molecule has 2 fully saturated rings. The summed E-state index contributed by atoms with van der Waals surface area (Å²) in [5, 5.41) is 19.8. The molecule has 4 rings (SSSR count). The van der Waals surface area contributed by atoms with Crippen molar-refractivity contribution in [3.8, 4) is 0 Å². The standard InChI is InChI=1S/C25H28N2O6S/c1-25(2)20(24(32)33-15-16-9-5-3-6-10-16)27-21(30)18(23(27)34-25)19(29)22(31)26(13-14-28)17-11-7-4-8-12-17/h3-12,18-20,23,28-29H,13-15H2,1-2H3/t18-,19+,20+,23-/m1/s1. The Morgan fingerprint density at radius 1 is 1.12 bits per heavy atom. The molecule has 2 aromatic rings. The summed E-state index contributed by atoms with van der Waals surface area (Å²) in [6, 6.07) is 17.1. The number of amides is 2. The molecule has 9 heteroatoms. The zero-order chi connectivity index (χ0) is 24.5. The minimum absolute atomic E-state index is 0.0116. The van der Waals surface area contributed by atoms with Gasteiger partial charge in [-0.2, -0.15) is 0 Å². The fourth-order valence-corrected chi connectivity index (χ4v) is 6.22. The van der Waals surface area contributed by atoms with Gasteiger partial charge in [0.25, 0.3) is 5.91 Å². The van der Waals surface area contributed by atoms with Crippen LogP contribution in [-0.2, 0) is 25.7 Å². The molecule has 2 aliphatic rings. The van der Waals surface area contributed by atoms with Crippen molar-refractivity contribution < 1.29 is 29.3 Å². The van der Waals surface area contributed by atoms with Gasteiger partial charge in [0.15, 0.2) is 0 Å². The summed E-state index contributed by atoms with van der Waals surface area (Å²) in [6.45, 7) is 3.50. The zero-order valence-electron chi connectivity index (χ0n) is 19.0. The van der Waals surface area contributed by atoms with E-state index in [0.717, 1.165) is 5.56 Å². The highest BCUT2D eigenvalue weighted by atomic mass is 32.2. The SMILES string of the molecule is CC1(C)S[C@@H]2[C@H]([C@H](O)C(=O)N(CCO)c3ccccc3)C(=O)N2[C@H]1C(=O)OCc1ccccc1. The van der Waals surface area contributed by atoms with Crippen LogP contribution >= 0.6 is 11.8 Å². The van der Waals surface area contributed by atoms with E-state index < -0.39 is 46.0 Å². The van der Waals surface area contributed by atoms with Crippen molar-refractivity contribution >= 4 is 35.2 Å². The first-order valence-corrected chi connectivity index (χ1v) is 12.0. The number of para-hydroxylation sites is 1. The Bertz CT molecular complexity index is 1050. The number of carbonyl (C=O) groups excluding carboxylic acids is 3. The molecule has 2 aliphatic heterocycles. The predicted octanol–water partition coefficient (Wildman–Crippen LogP) is 1.79. The van der Waals surface area contributed by atoms with E-state index in [1.165, 1.54) is 21.6 Å². The van der Waals surface area contributed by atoms with Gasteiger partial charge in [-0.3, -0.25) is 9.59 Å². The van der Waals surface area contributed by atoms with E-state index in [4.69, 9.17) is 4.74 Å². The van der Waals surface area contributed by atoms with Crippen LogP contribution in [-0.4, -0.2) is 68.3 Å². The second kappa shape index (κ2) is 9.77. The Kier molecular flexibility index (Phi) is 6.97. The largest absolute Gasteiger partial charge is 0.459 e. The Morgan fingerprint density at radius 2 is 1.74 bits per heavy atom. The minimum Gasteiger partial charge on any atom is -0.459 e. The first kappa shape index (κ1) is 24.3. The highest BCUT2D eigenvalue weighted by Gasteiger charge is 2.66. The molecule has 0 aromatic heterocycles. The van der Waals surface area contributed by atoms with Gasteiger partial charge >= 0.3 is 5.97 Å². The molecule has 2 saturated heterocycles. The molecule has 0 saturated carbocycles. The number of thioether (sulfide) groups is 1. The first-order chi connectivity index (χ1) is 16.3. The van der Waals surface area contributed by atoms with Gasteiger partial charge in [-0.05, 0) is 31.5 Å². The molecule has 4 atom stereocenters. The molecule has 0 radical (unpaired) electrons. The molecule has 2 amide bonds. The second-order valence-electron chi connectivity index (χ2n) is 8.87. The number of nitrogens with zero attached hydrogens (tertiary/aromatic N) is 2. The molecule has 0 bridgehead atoms. The van der Waals surface area contributed by atoms with Crippen molar-refractivity contribution in [2.75, 3.05) is 18.1 Å². The number of β-lactam (4-membered cyclic amide) rings is 1. The lowest BCUT2D eigenvalue weighted by Gasteiger charge is -2.45. The summed E-state index contributed by atoms with van der Waals surface area (Å²) in [4.78, 5) is 41.9. The number of fused-ring (bicyclic) bond motifs is 1. The zero-order valence-corrected chi connectivity index (χ0v) is 19.9. The van der Waals surface area contributed by atoms with E-state index in [9.17, 15) is 24.6 Å². The summed E-state index contributed by atoms with van der Waals surface area (Å²) >= 11 is 1.38. The van der Waals surface area contributed by atoms with Crippen LogP contribution < -0.4 is 4.90 Å². The highest BCUT2D eigenvalue weighted by molar-refractivity contribution is 8.01. The van der Waals surface area contributed by atoms with Crippen LogP contribution in [0, 0.1) is 5.92 Å². The lowest BCUT2D eigenvalue weighted by Crippen LogP contribution is -2.67. The molecule has 2 aromatic carbocycles. The van der Waals surface area contributed by atoms with Crippen molar-refractivity contribution in [2.24, 2.45) is 5.92 Å². The summed E-state index contributed by atoms with van der Waals surface area (Å²) in [5.74, 6) is -2.61. The van der Waals surface area contributed by atoms with Crippen LogP contribution in [0.25, 0.3) is 0 Å². The molecular weight excluding hydrogens is 456 g/mol. The normalized spacial score (nSPS) is 23.6. The van der Waals surface area contributed by atoms with Crippen LogP contribution in [0.4, 0.5) is 5.69 Å². The maximum Gasteiger partial charge on any atom is 0.330 e. The molecular formula is C25H28N2O6S. The average Bonchev–Trinajstić information content (AvgIpc) is 3.08. The Morgan fingerprint density at radius 3 is 2.35 bits per heavy atom. The first-order valence-electron chi connectivity index (χ1n) is 11.1. The van der Waals surface area contributed by atoms with E-state index in [1.807, 2.05) is 44.2 Å². The quantitative estimate of drug-likeness (QED) is 0.435. The highest BCUT2D eigenvalue weighted by Crippen LogP contribution is 2.54. The van der Waals surface area contributed by atoms with Crippen molar-refractivity contribution in [1.82, 2.24) is 4.90 Å². The van der Waals surface area contributed by atoms with Gasteiger partial charge in [-0.15, -0.1) is 11.8 Å². The number of esters is 1. The Labute approximate surface area is 202 Å². The fourth-order valence-electron chi connectivity index (χ4n) is 4.51. The van der Waals surface area contributed by atoms with Gasteiger partial charge in [0.05, 0.1) is 12.0 Å². The van der Waals surface area contributed by atoms with E-state index in [0.29, 0.717) is 5.69 Å². The molecule has 34 heavy (non-hydrogen) atoms. The predicted molar refractivity (Wildman–Crippen MR) is 128 cm³/mol. The van der Waals surface area contributed by atoms with Crippen LogP contribution in [0.1, 0.15) is 19.4 Å². The van der Waals surface area contributed by atoms with Crippen LogP contribution in [0.5, 0.6) is 0 Å². The number of benzene rings is 2. The van der Waals surface area contributed by atoms with E-state index in [-0.39, 0.29) is 19.8 Å². The van der Waals surface area contributed by atoms with Gasteiger partial charge in [0, 0.05) is 17.0 Å². The molecule has 0 unspecified atom stereocenters. The molecule has 8 nitrogen and oxygen atoms in total. The van der Waals surface area contributed by atoms with Crippen molar-refractivity contribution in [2.45, 2.75) is 42.7 Å². The number of hydrogen-bond donors (Lipinski definition) is 2. The maximum absolute atomic E-state index is 13.1. The maximum atomic E-state index is 13.1. The number of anilines is 1. The van der Waals surface area contributed by atoms with Gasteiger partial charge in [-0.1, -0.05) is 48.5 Å². The van der Waals surface area contributed by atoms with Gasteiger partial charge in [-0.25, -0.2) is 4.79 Å². The van der Waals surface area contributed by atoms with Crippen LogP contribution in [0.2, 0.25) is 0 Å². The number of rotatable bonds is 8. The van der Waals surface area contributed by atoms with Crippen molar-refractivity contribution in [3.63, 3.8) is 0 Å². The third-order valence-corrected chi connectivity index (χ3v) is 7.77. The molecule has 2 N–H and O–H groups in total. The van der Waals surface area contributed by atoms with Gasteiger partial charge in [0.1, 0.15) is 24.7 Å². The van der Waals surface area contributed by atoms with Gasteiger partial charge < -0.3 is 24.7 Å². The topological polar surface area (TPSA) is 107 Å². The Hall–Kier alpha value is -2.88. The number of aliphatic hydroxyl groups excluding tert-OH is 2. The monoisotopic (exact) mass is 484 g/mol. The summed E-state index contributed by atoms with van der Waals surface area (Å²) in [6.07, 6.45) is -1.59. The lowest BCUT2D eigenvalue weighted by atomic mass is 9.87. The fraction of sp³-hybridized carbons (Fsp3) is 0.400. The minimum atomic E-state index is -1.59. The Balaban J connectivity index is 1.48. The van der Waals surface area contributed by atoms with E-state index in [2.05, 4.69) is 0 Å². The number of ether oxygens (including phenoxy) is 1. The number of aliphatic hydroxyl groups is 2. The number of hydrogen-bond acceptors (Lipinski definition) is 7. The van der Waals surface area contributed by atoms with E-state index in [1.54, 1.807) is 30.3 Å². The third-order valence-electron chi connectivity index (χ3n) is 6.18. The third kappa shape index (κ3) is 4.43. The van der Waals surface area contributed by atoms with Crippen LogP contribution in [0.3, 0.4) is 0 Å². The van der Waals surface area contributed by atoms with Crippen molar-refractivity contribution in [1.29, 1.82) is 0 Å². The number of carbonyl (C=O) groups is 3. The second-order valence-corrected chi connectivity index (χ2v) is 10.6. The average molecular weight is 485 g/mol. The summed E-state index contributed by atoms with van der Waals surface area (Å²) < 4.78 is 4.85. The molecule has 0 spiro atoms. The summed E-state index contributed by atoms with van der Waals surface area (Å²) in [5.41, 5.74) is 1.36. The lowest BCUT2D eigenvalue weighted by molar-refractivity contribution is -0.173. The summed E-state index contributed by atoms with van der Waals surface area (Å²) in [7, 11) is 0. The van der Waals surface area contributed by atoms with Gasteiger partial charge in [0.2, 0.25) is 5.91 Å². The molecule has 0 aliphatic carbocycles. The molecule has 2 heterocycles. The van der Waals surface area contributed by atoms with E-state index >= 15 is 0 Å². The smallest absolute Gasteiger partial charge is 0.330 e.